The predicted octanol–water partition coefficient (Wildman–Crippen LogP) is 2.89. The van der Waals surface area contributed by atoms with Crippen LogP contribution < -0.4 is 5.73 Å². The lowest BCUT2D eigenvalue weighted by Crippen LogP contribution is -2.34. The van der Waals surface area contributed by atoms with Gasteiger partial charge in [0.25, 0.3) is 0 Å². The van der Waals surface area contributed by atoms with Crippen molar-refractivity contribution in [1.29, 1.82) is 0 Å². The van der Waals surface area contributed by atoms with Crippen LogP contribution in [0.4, 0.5) is 0 Å². The van der Waals surface area contributed by atoms with Gasteiger partial charge >= 0.3 is 0 Å². The Hall–Kier alpha value is -0.890. The van der Waals surface area contributed by atoms with E-state index in [0.717, 1.165) is 30.7 Å². The molecule has 0 unspecified atom stereocenters. The van der Waals surface area contributed by atoms with E-state index in [1.165, 1.54) is 5.56 Å². The second-order valence-electron chi connectivity index (χ2n) is 5.96. The van der Waals surface area contributed by atoms with Gasteiger partial charge in [-0.2, -0.15) is 0 Å². The molecular formula is C14H22N2. The molecule has 1 aromatic rings. The highest BCUT2D eigenvalue weighted by atomic mass is 14.9. The van der Waals surface area contributed by atoms with Gasteiger partial charge in [0.2, 0.25) is 0 Å². The number of nitrogens with zero attached hydrogens (tertiary/aromatic N) is 1. The average Bonchev–Trinajstić information content (AvgIpc) is 2.56. The summed E-state index contributed by atoms with van der Waals surface area (Å²) in [4.78, 5) is 4.82. The van der Waals surface area contributed by atoms with Gasteiger partial charge < -0.3 is 5.73 Å². The molecule has 2 heteroatoms. The molecule has 1 aliphatic carbocycles. The molecule has 0 aromatic carbocycles. The number of hydrogen-bond acceptors (Lipinski definition) is 2. The zero-order chi connectivity index (χ0) is 12.0. The molecule has 88 valence electrons. The van der Waals surface area contributed by atoms with Crippen molar-refractivity contribution in [3.05, 3.63) is 29.1 Å². The minimum absolute atomic E-state index is 0.103. The zero-order valence-corrected chi connectivity index (χ0v) is 10.8. The molecule has 0 fully saturated rings. The summed E-state index contributed by atoms with van der Waals surface area (Å²) >= 11 is 0. The number of aryl methyl sites for hydroxylation is 1. The SMILES string of the molecule is CC[C@]1(N)CCc2ccc(C(C)(C)C)nc21. The molecule has 1 heterocycles. The minimum atomic E-state index is -0.184. The van der Waals surface area contributed by atoms with Crippen LogP contribution in [0.25, 0.3) is 0 Å². The Kier molecular flexibility index (Phi) is 2.58. The fourth-order valence-corrected chi connectivity index (χ4v) is 2.36. The molecule has 2 N–H and O–H groups in total. The summed E-state index contributed by atoms with van der Waals surface area (Å²) in [5.74, 6) is 0. The third-order valence-corrected chi connectivity index (χ3v) is 3.69. The van der Waals surface area contributed by atoms with Crippen molar-refractivity contribution in [3.8, 4) is 0 Å². The molecule has 0 spiro atoms. The first-order valence-corrected chi connectivity index (χ1v) is 6.16. The summed E-state index contributed by atoms with van der Waals surface area (Å²) in [5.41, 5.74) is 9.97. The number of hydrogen-bond donors (Lipinski definition) is 1. The van der Waals surface area contributed by atoms with E-state index >= 15 is 0 Å². The largest absolute Gasteiger partial charge is 0.320 e. The molecular weight excluding hydrogens is 196 g/mol. The van der Waals surface area contributed by atoms with Gasteiger partial charge in [-0.25, -0.2) is 0 Å². The maximum Gasteiger partial charge on any atom is 0.0637 e. The third kappa shape index (κ3) is 1.75. The molecule has 0 radical (unpaired) electrons. The van der Waals surface area contributed by atoms with Crippen LogP contribution in [0.15, 0.2) is 12.1 Å². The van der Waals surface area contributed by atoms with Crippen molar-refractivity contribution in [2.24, 2.45) is 5.73 Å². The van der Waals surface area contributed by atoms with Gasteiger partial charge in [0.15, 0.2) is 0 Å². The fourth-order valence-electron chi connectivity index (χ4n) is 2.36. The average molecular weight is 218 g/mol. The topological polar surface area (TPSA) is 38.9 Å². The minimum Gasteiger partial charge on any atom is -0.320 e. The molecule has 0 bridgehead atoms. The summed E-state index contributed by atoms with van der Waals surface area (Å²) in [6.45, 7) is 8.74. The van der Waals surface area contributed by atoms with Crippen LogP contribution in [0.2, 0.25) is 0 Å². The van der Waals surface area contributed by atoms with Gasteiger partial charge in [0.1, 0.15) is 0 Å². The van der Waals surface area contributed by atoms with E-state index in [-0.39, 0.29) is 11.0 Å². The van der Waals surface area contributed by atoms with Gasteiger partial charge in [-0.3, -0.25) is 4.98 Å². The first kappa shape index (κ1) is 11.6. The van der Waals surface area contributed by atoms with Crippen molar-refractivity contribution in [2.45, 2.75) is 57.9 Å². The van der Waals surface area contributed by atoms with E-state index in [9.17, 15) is 0 Å². The number of aromatic nitrogens is 1. The lowest BCUT2D eigenvalue weighted by molar-refractivity contribution is 0.412. The van der Waals surface area contributed by atoms with E-state index < -0.39 is 0 Å². The van der Waals surface area contributed by atoms with Crippen LogP contribution in [0.1, 0.15) is 57.5 Å². The van der Waals surface area contributed by atoms with E-state index in [1.807, 2.05) is 0 Å². The number of fused-ring (bicyclic) bond motifs is 1. The smallest absolute Gasteiger partial charge is 0.0637 e. The Morgan fingerprint density at radius 3 is 2.62 bits per heavy atom. The first-order valence-electron chi connectivity index (χ1n) is 6.16. The van der Waals surface area contributed by atoms with Gasteiger partial charge in [-0.05, 0) is 30.9 Å². The molecule has 2 nitrogen and oxygen atoms in total. The van der Waals surface area contributed by atoms with Gasteiger partial charge in [0, 0.05) is 11.1 Å². The summed E-state index contributed by atoms with van der Waals surface area (Å²) in [6.07, 6.45) is 3.09. The second-order valence-corrected chi connectivity index (χ2v) is 5.96. The molecule has 0 aliphatic heterocycles. The molecule has 1 atom stereocenters. The Morgan fingerprint density at radius 2 is 2.06 bits per heavy atom. The highest BCUT2D eigenvalue weighted by molar-refractivity contribution is 5.35. The third-order valence-electron chi connectivity index (χ3n) is 3.69. The summed E-state index contributed by atoms with van der Waals surface area (Å²) in [6, 6.07) is 4.37. The quantitative estimate of drug-likeness (QED) is 0.787. The number of nitrogens with two attached hydrogens (primary N) is 1. The molecule has 0 saturated carbocycles. The van der Waals surface area contributed by atoms with E-state index in [4.69, 9.17) is 10.7 Å². The fraction of sp³-hybridized carbons (Fsp3) is 0.643. The standard InChI is InChI=1S/C14H22N2/c1-5-14(15)9-8-10-6-7-11(13(2,3)4)16-12(10)14/h6-7H,5,8-9,15H2,1-4H3/t14-/m0/s1. The van der Waals surface area contributed by atoms with Crippen LogP contribution in [0.3, 0.4) is 0 Å². The Labute approximate surface area is 98.3 Å². The monoisotopic (exact) mass is 218 g/mol. The molecule has 16 heavy (non-hydrogen) atoms. The van der Waals surface area contributed by atoms with E-state index in [0.29, 0.717) is 0 Å². The Balaban J connectivity index is 2.50. The summed E-state index contributed by atoms with van der Waals surface area (Å²) < 4.78 is 0. The van der Waals surface area contributed by atoms with Gasteiger partial charge in [0.05, 0.1) is 11.2 Å². The molecule has 1 aliphatic rings. The first-order chi connectivity index (χ1) is 7.37. The van der Waals surface area contributed by atoms with Crippen LogP contribution in [0, 0.1) is 0 Å². The van der Waals surface area contributed by atoms with Gasteiger partial charge in [-0.1, -0.05) is 33.8 Å². The van der Waals surface area contributed by atoms with Gasteiger partial charge in [-0.15, -0.1) is 0 Å². The molecule has 0 saturated heterocycles. The van der Waals surface area contributed by atoms with Crippen molar-refractivity contribution in [1.82, 2.24) is 4.98 Å². The Morgan fingerprint density at radius 1 is 1.38 bits per heavy atom. The number of pyridine rings is 1. The lowest BCUT2D eigenvalue weighted by atomic mass is 9.89. The van der Waals surface area contributed by atoms with Crippen LogP contribution in [-0.4, -0.2) is 4.98 Å². The maximum atomic E-state index is 6.42. The second kappa shape index (κ2) is 3.56. The van der Waals surface area contributed by atoms with Crippen LogP contribution >= 0.6 is 0 Å². The Bertz CT molecular complexity index is 404. The molecule has 0 amide bonds. The zero-order valence-electron chi connectivity index (χ0n) is 10.8. The highest BCUT2D eigenvalue weighted by Gasteiger charge is 2.35. The van der Waals surface area contributed by atoms with E-state index in [1.54, 1.807) is 0 Å². The lowest BCUT2D eigenvalue weighted by Gasteiger charge is -2.25. The van der Waals surface area contributed by atoms with Crippen molar-refractivity contribution in [3.63, 3.8) is 0 Å². The predicted molar refractivity (Wildman–Crippen MR) is 67.4 cm³/mol. The van der Waals surface area contributed by atoms with Crippen LogP contribution in [0.5, 0.6) is 0 Å². The van der Waals surface area contributed by atoms with Crippen LogP contribution in [-0.2, 0) is 17.4 Å². The maximum absolute atomic E-state index is 6.42. The highest BCUT2D eigenvalue weighted by Crippen LogP contribution is 2.37. The van der Waals surface area contributed by atoms with E-state index in [2.05, 4.69) is 39.8 Å². The van der Waals surface area contributed by atoms with Crippen molar-refractivity contribution < 1.29 is 0 Å². The normalized spacial score (nSPS) is 24.6. The summed E-state index contributed by atoms with van der Waals surface area (Å²) in [7, 11) is 0. The number of rotatable bonds is 1. The summed E-state index contributed by atoms with van der Waals surface area (Å²) in [5, 5.41) is 0. The van der Waals surface area contributed by atoms with Crippen molar-refractivity contribution >= 4 is 0 Å². The molecule has 2 rings (SSSR count). The molecule has 1 aromatic heterocycles. The van der Waals surface area contributed by atoms with Crippen molar-refractivity contribution in [2.75, 3.05) is 0 Å².